The van der Waals surface area contributed by atoms with Crippen LogP contribution in [0.2, 0.25) is 5.02 Å². The van der Waals surface area contributed by atoms with Crippen LogP contribution in [0.25, 0.3) is 0 Å². The lowest BCUT2D eigenvalue weighted by Gasteiger charge is -2.10. The van der Waals surface area contributed by atoms with E-state index in [1.54, 1.807) is 12.1 Å². The average Bonchev–Trinajstić information content (AvgIpc) is 2.36. The average molecular weight is 310 g/mol. The van der Waals surface area contributed by atoms with Crippen LogP contribution in [0.3, 0.4) is 0 Å². The van der Waals surface area contributed by atoms with Gasteiger partial charge < -0.3 is 10.7 Å². The Morgan fingerprint density at radius 1 is 1.30 bits per heavy atom. The van der Waals surface area contributed by atoms with Crippen LogP contribution in [-0.2, 0) is 0 Å². The zero-order valence-electron chi connectivity index (χ0n) is 10.6. The lowest BCUT2D eigenvalue weighted by Crippen LogP contribution is -2.26. The van der Waals surface area contributed by atoms with Gasteiger partial charge in [0.15, 0.2) is 0 Å². The van der Waals surface area contributed by atoms with Crippen molar-refractivity contribution in [3.63, 3.8) is 0 Å². The third-order valence-corrected chi connectivity index (χ3v) is 2.79. The first-order valence-corrected chi connectivity index (χ1v) is 6.32. The number of halogens is 4. The van der Waals surface area contributed by atoms with E-state index in [9.17, 15) is 18.0 Å². The van der Waals surface area contributed by atoms with E-state index in [1.807, 2.05) is 0 Å². The molecule has 1 aromatic carbocycles. The van der Waals surface area contributed by atoms with Crippen molar-refractivity contribution in [2.45, 2.75) is 25.4 Å². The number of anilines is 1. The third kappa shape index (κ3) is 5.66. The van der Waals surface area contributed by atoms with Crippen molar-refractivity contribution in [2.24, 2.45) is 5.84 Å². The minimum absolute atomic E-state index is 0.0265. The van der Waals surface area contributed by atoms with Gasteiger partial charge in [-0.3, -0.25) is 10.6 Å². The molecule has 0 spiro atoms. The molecule has 0 aromatic heterocycles. The number of benzene rings is 1. The molecule has 1 amide bonds. The van der Waals surface area contributed by atoms with Crippen LogP contribution in [0.15, 0.2) is 18.2 Å². The second-order valence-electron chi connectivity index (χ2n) is 4.16. The van der Waals surface area contributed by atoms with Gasteiger partial charge in [-0.2, -0.15) is 13.2 Å². The molecule has 0 fully saturated rings. The summed E-state index contributed by atoms with van der Waals surface area (Å²) in [6.45, 7) is 0.158. The first kappa shape index (κ1) is 16.6. The fraction of sp³-hybridized carbons (Fsp3) is 0.417. The number of carbonyl (C=O) groups excluding carboxylic acids is 1. The first-order chi connectivity index (χ1) is 9.33. The Hall–Kier alpha value is -1.47. The van der Waals surface area contributed by atoms with Crippen LogP contribution in [0.5, 0.6) is 0 Å². The molecule has 0 saturated heterocycles. The van der Waals surface area contributed by atoms with Crippen molar-refractivity contribution in [1.29, 1.82) is 0 Å². The van der Waals surface area contributed by atoms with Gasteiger partial charge in [0.1, 0.15) is 0 Å². The zero-order valence-corrected chi connectivity index (χ0v) is 11.3. The van der Waals surface area contributed by atoms with Gasteiger partial charge >= 0.3 is 6.18 Å². The lowest BCUT2D eigenvalue weighted by atomic mass is 10.1. The van der Waals surface area contributed by atoms with Crippen molar-refractivity contribution in [2.75, 3.05) is 12.0 Å². The molecule has 0 saturated carbocycles. The summed E-state index contributed by atoms with van der Waals surface area (Å²) in [4.78, 5) is 11.8. The highest BCUT2D eigenvalue weighted by molar-refractivity contribution is 6.31. The molecule has 0 unspecified atom stereocenters. The molecule has 1 aromatic rings. The van der Waals surface area contributed by atoms with Crippen molar-refractivity contribution in [3.8, 4) is 0 Å². The topological polar surface area (TPSA) is 67.1 Å². The van der Waals surface area contributed by atoms with Gasteiger partial charge in [0.05, 0.1) is 11.3 Å². The number of hydrazine groups is 1. The largest absolute Gasteiger partial charge is 0.389 e. The third-order valence-electron chi connectivity index (χ3n) is 2.55. The molecule has 0 bridgehead atoms. The molecule has 1 rings (SSSR count). The highest BCUT2D eigenvalue weighted by Crippen LogP contribution is 2.22. The van der Waals surface area contributed by atoms with Gasteiger partial charge in [-0.15, -0.1) is 0 Å². The second-order valence-corrected chi connectivity index (χ2v) is 4.60. The minimum atomic E-state index is -4.16. The molecule has 0 aliphatic rings. The van der Waals surface area contributed by atoms with Gasteiger partial charge in [-0.1, -0.05) is 11.6 Å². The Morgan fingerprint density at radius 3 is 2.60 bits per heavy atom. The van der Waals surface area contributed by atoms with Gasteiger partial charge in [0.2, 0.25) is 0 Å². The molecule has 0 aliphatic carbocycles. The summed E-state index contributed by atoms with van der Waals surface area (Å²) in [7, 11) is 0. The summed E-state index contributed by atoms with van der Waals surface area (Å²) in [5.41, 5.74) is 2.99. The Balaban J connectivity index is 2.45. The van der Waals surface area contributed by atoms with Gasteiger partial charge in [-0.25, -0.2) is 0 Å². The Bertz CT molecular complexity index is 466. The van der Waals surface area contributed by atoms with Crippen LogP contribution in [-0.4, -0.2) is 18.6 Å². The molecular formula is C12H15ClF3N3O. The summed E-state index contributed by atoms with van der Waals surface area (Å²) < 4.78 is 35.8. The summed E-state index contributed by atoms with van der Waals surface area (Å²) >= 11 is 5.78. The zero-order chi connectivity index (χ0) is 15.2. The molecule has 0 atom stereocenters. The van der Waals surface area contributed by atoms with Crippen LogP contribution in [0.1, 0.15) is 29.6 Å². The summed E-state index contributed by atoms with van der Waals surface area (Å²) in [5, 5.41) is 2.89. The maximum absolute atomic E-state index is 11.9. The number of amides is 1. The van der Waals surface area contributed by atoms with Crippen LogP contribution in [0.4, 0.5) is 18.9 Å². The smallest absolute Gasteiger partial charge is 0.352 e. The van der Waals surface area contributed by atoms with Crippen LogP contribution >= 0.6 is 11.6 Å². The number of nitrogens with one attached hydrogen (secondary N) is 2. The molecule has 0 radical (unpaired) electrons. The highest BCUT2D eigenvalue weighted by atomic mass is 35.5. The van der Waals surface area contributed by atoms with Crippen molar-refractivity contribution in [3.05, 3.63) is 28.8 Å². The fourth-order valence-corrected chi connectivity index (χ4v) is 1.75. The molecule has 20 heavy (non-hydrogen) atoms. The van der Waals surface area contributed by atoms with E-state index >= 15 is 0 Å². The number of hydrogen-bond donors (Lipinski definition) is 3. The number of nitrogen functional groups attached to an aromatic ring is 1. The second kappa shape index (κ2) is 7.35. The van der Waals surface area contributed by atoms with Crippen molar-refractivity contribution < 1.29 is 18.0 Å². The van der Waals surface area contributed by atoms with E-state index < -0.39 is 18.5 Å². The normalized spacial score (nSPS) is 11.2. The predicted molar refractivity (Wildman–Crippen MR) is 71.5 cm³/mol. The quantitative estimate of drug-likeness (QED) is 0.430. The van der Waals surface area contributed by atoms with E-state index in [0.717, 1.165) is 0 Å². The Labute approximate surface area is 119 Å². The lowest BCUT2D eigenvalue weighted by molar-refractivity contribution is -0.135. The summed E-state index contributed by atoms with van der Waals surface area (Å²) in [5.74, 6) is 4.83. The van der Waals surface area contributed by atoms with E-state index in [1.165, 1.54) is 6.07 Å². The molecule has 8 heteroatoms. The van der Waals surface area contributed by atoms with Crippen molar-refractivity contribution >= 4 is 23.2 Å². The molecule has 4 N–H and O–H groups in total. The monoisotopic (exact) mass is 309 g/mol. The maximum Gasteiger partial charge on any atom is 0.389 e. The number of nitrogens with two attached hydrogens (primary N) is 1. The number of rotatable bonds is 6. The van der Waals surface area contributed by atoms with Crippen molar-refractivity contribution in [1.82, 2.24) is 5.32 Å². The van der Waals surface area contributed by atoms with E-state index in [4.69, 9.17) is 17.4 Å². The summed E-state index contributed by atoms with van der Waals surface area (Å²) in [6.07, 6.45) is -4.79. The Kier molecular flexibility index (Phi) is 6.09. The molecular weight excluding hydrogens is 295 g/mol. The van der Waals surface area contributed by atoms with E-state index in [0.29, 0.717) is 10.7 Å². The first-order valence-electron chi connectivity index (χ1n) is 5.94. The Morgan fingerprint density at radius 2 is 2.00 bits per heavy atom. The minimum Gasteiger partial charge on any atom is -0.352 e. The SMILES string of the molecule is NNc1ccc(Cl)cc1C(=O)NCCCCC(F)(F)F. The van der Waals surface area contributed by atoms with Gasteiger partial charge in [0.25, 0.3) is 5.91 Å². The fourth-order valence-electron chi connectivity index (χ4n) is 1.58. The number of carbonyl (C=O) groups is 1. The maximum atomic E-state index is 11.9. The highest BCUT2D eigenvalue weighted by Gasteiger charge is 2.25. The number of alkyl halides is 3. The number of unbranched alkanes of at least 4 members (excludes halogenated alkanes) is 1. The van der Waals surface area contributed by atoms with Crippen LogP contribution in [0, 0.1) is 0 Å². The van der Waals surface area contributed by atoms with E-state index in [2.05, 4.69) is 10.7 Å². The molecule has 0 heterocycles. The summed E-state index contributed by atoms with van der Waals surface area (Å²) in [6, 6.07) is 4.54. The molecule has 4 nitrogen and oxygen atoms in total. The predicted octanol–water partition coefficient (Wildman–Crippen LogP) is 3.09. The molecule has 112 valence electrons. The standard InChI is InChI=1S/C12H15ClF3N3O/c13-8-3-4-10(19-17)9(7-8)11(20)18-6-2-1-5-12(14,15)16/h3-4,7,19H,1-2,5-6,17H2,(H,18,20). The molecule has 0 aliphatic heterocycles. The van der Waals surface area contributed by atoms with Crippen LogP contribution < -0.4 is 16.6 Å². The van der Waals surface area contributed by atoms with Gasteiger partial charge in [0, 0.05) is 18.0 Å². The van der Waals surface area contributed by atoms with E-state index in [-0.39, 0.29) is 24.9 Å². The number of hydrogen-bond acceptors (Lipinski definition) is 3. The van der Waals surface area contributed by atoms with Gasteiger partial charge in [-0.05, 0) is 31.0 Å².